The molecule has 7 heteroatoms. The minimum absolute atomic E-state index is 0.0552. The number of carbonyl (C=O) groups is 1. The Balaban J connectivity index is 2.78. The monoisotopic (exact) mass is 235 g/mol. The van der Waals surface area contributed by atoms with Crippen LogP contribution in [-0.2, 0) is 0 Å². The van der Waals surface area contributed by atoms with E-state index in [9.17, 15) is 18.0 Å². The number of hydrogen-bond donors (Lipinski definition) is 2. The molecule has 1 amide bonds. The summed E-state index contributed by atoms with van der Waals surface area (Å²) in [5, 5.41) is 10.3. The van der Waals surface area contributed by atoms with Crippen LogP contribution in [0.3, 0.4) is 0 Å². The third-order valence-corrected chi connectivity index (χ3v) is 1.51. The van der Waals surface area contributed by atoms with Crippen molar-refractivity contribution in [3.8, 4) is 5.75 Å². The summed E-state index contributed by atoms with van der Waals surface area (Å²) in [6.45, 7) is -1.95. The average molecular weight is 235 g/mol. The number of anilines is 1. The average Bonchev–Trinajstić information content (AvgIpc) is 2.16. The summed E-state index contributed by atoms with van der Waals surface area (Å²) in [4.78, 5) is 10.3. The topological polar surface area (TPSA) is 58.6 Å². The van der Waals surface area contributed by atoms with Crippen LogP contribution in [0, 0.1) is 0 Å². The fourth-order valence-electron chi connectivity index (χ4n) is 0.961. The first kappa shape index (κ1) is 12.2. The van der Waals surface area contributed by atoms with Crippen molar-refractivity contribution in [1.29, 1.82) is 0 Å². The molecule has 0 saturated heterocycles. The molecule has 1 rings (SSSR count). The molecule has 0 fully saturated rings. The first-order valence-corrected chi connectivity index (χ1v) is 4.16. The zero-order valence-corrected chi connectivity index (χ0v) is 7.91. The molecular formula is C9H8F3NO3. The SMILES string of the molecule is O=C(O)Nc1cccc(OC(F)(F)CF)c1. The maximum atomic E-state index is 12.5. The predicted octanol–water partition coefficient (Wildman–Crippen LogP) is 2.72. The second-order valence-electron chi connectivity index (χ2n) is 2.83. The van der Waals surface area contributed by atoms with Crippen molar-refractivity contribution in [2.75, 3.05) is 12.0 Å². The van der Waals surface area contributed by atoms with Gasteiger partial charge >= 0.3 is 12.2 Å². The second kappa shape index (κ2) is 4.73. The Morgan fingerprint density at radius 2 is 2.19 bits per heavy atom. The van der Waals surface area contributed by atoms with Gasteiger partial charge in [-0.2, -0.15) is 8.78 Å². The van der Waals surface area contributed by atoms with Gasteiger partial charge in [0.15, 0.2) is 6.67 Å². The van der Waals surface area contributed by atoms with Crippen LogP contribution >= 0.6 is 0 Å². The van der Waals surface area contributed by atoms with E-state index in [1.165, 1.54) is 12.1 Å². The number of carboxylic acid groups (broad SMARTS) is 1. The molecule has 1 aromatic carbocycles. The second-order valence-corrected chi connectivity index (χ2v) is 2.83. The number of hydrogen-bond acceptors (Lipinski definition) is 2. The zero-order valence-electron chi connectivity index (χ0n) is 7.91. The molecule has 0 bridgehead atoms. The molecule has 1 aromatic rings. The molecule has 16 heavy (non-hydrogen) atoms. The van der Waals surface area contributed by atoms with Gasteiger partial charge in [0.05, 0.1) is 0 Å². The van der Waals surface area contributed by atoms with Gasteiger partial charge in [0.2, 0.25) is 0 Å². The summed E-state index contributed by atoms with van der Waals surface area (Å²) < 4.78 is 40.8. The Bertz CT molecular complexity index is 384. The van der Waals surface area contributed by atoms with Crippen molar-refractivity contribution in [2.24, 2.45) is 0 Å². The van der Waals surface area contributed by atoms with Gasteiger partial charge in [-0.25, -0.2) is 9.18 Å². The third-order valence-electron chi connectivity index (χ3n) is 1.51. The largest absolute Gasteiger partial charge is 0.465 e. The first-order chi connectivity index (χ1) is 7.43. The van der Waals surface area contributed by atoms with E-state index in [2.05, 4.69) is 4.74 Å². The van der Waals surface area contributed by atoms with E-state index in [-0.39, 0.29) is 11.4 Å². The Labute approximate surface area is 88.6 Å². The summed E-state index contributed by atoms with van der Waals surface area (Å²) in [5.41, 5.74) is 0.0552. The van der Waals surface area contributed by atoms with Gasteiger partial charge in [-0.3, -0.25) is 5.32 Å². The van der Waals surface area contributed by atoms with Crippen LogP contribution in [0.5, 0.6) is 5.75 Å². The molecule has 4 nitrogen and oxygen atoms in total. The van der Waals surface area contributed by atoms with E-state index in [4.69, 9.17) is 5.11 Å². The molecule has 0 heterocycles. The van der Waals surface area contributed by atoms with Crippen molar-refractivity contribution < 1.29 is 27.8 Å². The smallest absolute Gasteiger partial charge is 0.427 e. The van der Waals surface area contributed by atoms with E-state index in [0.717, 1.165) is 12.1 Å². The summed E-state index contributed by atoms with van der Waals surface area (Å²) in [6.07, 6.45) is -5.25. The minimum Gasteiger partial charge on any atom is -0.465 e. The van der Waals surface area contributed by atoms with E-state index in [1.54, 1.807) is 0 Å². The lowest BCUT2D eigenvalue weighted by Crippen LogP contribution is -2.27. The molecule has 0 saturated carbocycles. The van der Waals surface area contributed by atoms with Gasteiger partial charge in [-0.1, -0.05) is 6.07 Å². The fourth-order valence-corrected chi connectivity index (χ4v) is 0.961. The van der Waals surface area contributed by atoms with Crippen LogP contribution in [0.15, 0.2) is 24.3 Å². The first-order valence-electron chi connectivity index (χ1n) is 4.16. The molecule has 0 radical (unpaired) electrons. The van der Waals surface area contributed by atoms with Crippen molar-refractivity contribution in [1.82, 2.24) is 0 Å². The van der Waals surface area contributed by atoms with Crippen LogP contribution in [0.25, 0.3) is 0 Å². The molecule has 0 aliphatic carbocycles. The summed E-state index contributed by atoms with van der Waals surface area (Å²) in [7, 11) is 0. The molecule has 0 aromatic heterocycles. The van der Waals surface area contributed by atoms with Crippen LogP contribution in [0.4, 0.5) is 23.7 Å². The number of benzene rings is 1. The lowest BCUT2D eigenvalue weighted by Gasteiger charge is -2.14. The van der Waals surface area contributed by atoms with Crippen LogP contribution in [0.1, 0.15) is 0 Å². The molecule has 0 atom stereocenters. The Hall–Kier alpha value is -1.92. The highest BCUT2D eigenvalue weighted by Gasteiger charge is 2.31. The minimum atomic E-state index is -3.91. The maximum Gasteiger partial charge on any atom is 0.427 e. The predicted molar refractivity (Wildman–Crippen MR) is 49.6 cm³/mol. The van der Waals surface area contributed by atoms with E-state index >= 15 is 0 Å². The molecule has 2 N–H and O–H groups in total. The third kappa shape index (κ3) is 3.68. The lowest BCUT2D eigenvalue weighted by atomic mass is 10.3. The van der Waals surface area contributed by atoms with Gasteiger partial charge in [0.25, 0.3) is 0 Å². The highest BCUT2D eigenvalue weighted by molar-refractivity contribution is 5.83. The zero-order chi connectivity index (χ0) is 12.2. The Kier molecular flexibility index (Phi) is 3.60. The van der Waals surface area contributed by atoms with Crippen molar-refractivity contribution >= 4 is 11.8 Å². The highest BCUT2D eigenvalue weighted by Crippen LogP contribution is 2.24. The molecule has 88 valence electrons. The molecule has 0 spiro atoms. The van der Waals surface area contributed by atoms with Crippen molar-refractivity contribution in [3.63, 3.8) is 0 Å². The Morgan fingerprint density at radius 1 is 1.50 bits per heavy atom. The molecule has 0 aliphatic rings. The van der Waals surface area contributed by atoms with E-state index in [0.29, 0.717) is 0 Å². The number of nitrogens with one attached hydrogen (secondary N) is 1. The molecule has 0 unspecified atom stereocenters. The van der Waals surface area contributed by atoms with Crippen molar-refractivity contribution in [3.05, 3.63) is 24.3 Å². The van der Waals surface area contributed by atoms with Gasteiger partial charge in [-0.05, 0) is 12.1 Å². The fraction of sp³-hybridized carbons (Fsp3) is 0.222. The Morgan fingerprint density at radius 3 is 2.75 bits per heavy atom. The molecule has 0 aliphatic heterocycles. The number of ether oxygens (including phenoxy) is 1. The van der Waals surface area contributed by atoms with Gasteiger partial charge < -0.3 is 9.84 Å². The van der Waals surface area contributed by atoms with Crippen LogP contribution in [-0.4, -0.2) is 24.0 Å². The number of amides is 1. The van der Waals surface area contributed by atoms with Gasteiger partial charge in [0.1, 0.15) is 5.75 Å². The van der Waals surface area contributed by atoms with Gasteiger partial charge in [-0.15, -0.1) is 0 Å². The van der Waals surface area contributed by atoms with Crippen molar-refractivity contribution in [2.45, 2.75) is 6.11 Å². The lowest BCUT2D eigenvalue weighted by molar-refractivity contribution is -0.186. The summed E-state index contributed by atoms with van der Waals surface area (Å²) >= 11 is 0. The highest BCUT2D eigenvalue weighted by atomic mass is 19.3. The summed E-state index contributed by atoms with van der Waals surface area (Å²) in [6, 6.07) is 4.83. The number of rotatable bonds is 4. The van der Waals surface area contributed by atoms with E-state index < -0.39 is 18.9 Å². The standard InChI is InChI=1S/C9H8F3NO3/c10-5-9(11,12)16-7-3-1-2-6(4-7)13-8(14)15/h1-4,13H,5H2,(H,14,15). The number of halogens is 3. The molecular weight excluding hydrogens is 227 g/mol. The van der Waals surface area contributed by atoms with E-state index in [1.807, 2.05) is 5.32 Å². The quantitative estimate of drug-likeness (QED) is 0.843. The summed E-state index contributed by atoms with van der Waals surface area (Å²) in [5.74, 6) is -0.325. The normalized spacial score (nSPS) is 10.9. The van der Waals surface area contributed by atoms with Crippen LogP contribution in [0.2, 0.25) is 0 Å². The number of alkyl halides is 3. The van der Waals surface area contributed by atoms with Crippen LogP contribution < -0.4 is 10.1 Å². The van der Waals surface area contributed by atoms with Gasteiger partial charge in [0, 0.05) is 11.8 Å². The maximum absolute atomic E-state index is 12.5.